The number of hydrogen-bond donors (Lipinski definition) is 2. The molecule has 0 radical (unpaired) electrons. The molecular formula is C7H14N4O2S2. The van der Waals surface area contributed by atoms with E-state index in [9.17, 15) is 8.42 Å². The predicted molar refractivity (Wildman–Crippen MR) is 61.7 cm³/mol. The summed E-state index contributed by atoms with van der Waals surface area (Å²) in [4.78, 5) is 3.88. The number of anilines is 2. The van der Waals surface area contributed by atoms with Crippen LogP contribution in [0.1, 0.15) is 13.8 Å². The van der Waals surface area contributed by atoms with Crippen LogP contribution in [0.25, 0.3) is 0 Å². The van der Waals surface area contributed by atoms with Crippen LogP contribution in [0.2, 0.25) is 0 Å². The van der Waals surface area contributed by atoms with Crippen molar-refractivity contribution in [1.82, 2.24) is 9.36 Å². The van der Waals surface area contributed by atoms with E-state index in [4.69, 9.17) is 5.73 Å². The van der Waals surface area contributed by atoms with Gasteiger partial charge in [0, 0.05) is 24.3 Å². The number of nitrogen functional groups attached to an aromatic ring is 1. The van der Waals surface area contributed by atoms with Gasteiger partial charge in [-0.25, -0.2) is 8.42 Å². The third kappa shape index (κ3) is 3.03. The molecule has 0 unspecified atom stereocenters. The van der Waals surface area contributed by atoms with Crippen LogP contribution < -0.4 is 11.1 Å². The third-order valence-corrected chi connectivity index (χ3v) is 4.95. The Hall–Kier alpha value is -0.890. The van der Waals surface area contributed by atoms with E-state index in [0.29, 0.717) is 5.13 Å². The van der Waals surface area contributed by atoms with Gasteiger partial charge in [-0.15, -0.1) is 0 Å². The Balaban J connectivity index is 2.65. The van der Waals surface area contributed by atoms with Crippen molar-refractivity contribution in [3.05, 3.63) is 0 Å². The van der Waals surface area contributed by atoms with Gasteiger partial charge in [0.2, 0.25) is 11.1 Å². The maximum absolute atomic E-state index is 11.4. The first-order chi connectivity index (χ1) is 6.72. The molecule has 0 saturated carbocycles. The van der Waals surface area contributed by atoms with E-state index in [-0.39, 0.29) is 12.5 Å². The first-order valence-corrected chi connectivity index (χ1v) is 6.91. The van der Waals surface area contributed by atoms with Crippen LogP contribution in [0.4, 0.5) is 11.1 Å². The summed E-state index contributed by atoms with van der Waals surface area (Å²) in [6.45, 7) is 3.58. The van der Waals surface area contributed by atoms with Gasteiger partial charge in [0.05, 0.1) is 4.75 Å². The second kappa shape index (κ2) is 3.93. The fraction of sp³-hybridized carbons (Fsp3) is 0.714. The van der Waals surface area contributed by atoms with Crippen LogP contribution in [0.5, 0.6) is 0 Å². The molecule has 6 nitrogen and oxygen atoms in total. The molecule has 86 valence electrons. The molecule has 1 heterocycles. The minimum Gasteiger partial charge on any atom is -0.367 e. The highest BCUT2D eigenvalue weighted by Crippen LogP contribution is 2.18. The SMILES string of the molecule is CC(C)(CNc1nc(N)ns1)S(C)(=O)=O. The van der Waals surface area contributed by atoms with Crippen LogP contribution in [0.3, 0.4) is 0 Å². The smallest absolute Gasteiger partial charge is 0.233 e. The minimum atomic E-state index is -3.10. The number of aromatic nitrogens is 2. The lowest BCUT2D eigenvalue weighted by molar-refractivity contribution is 0.560. The molecule has 0 amide bonds. The standard InChI is InChI=1S/C7H14N4O2S2/c1-7(2,15(3,12)13)4-9-6-10-5(8)11-14-6/h4H2,1-3H3,(H3,8,9,10,11). The largest absolute Gasteiger partial charge is 0.367 e. The van der Waals surface area contributed by atoms with Crippen molar-refractivity contribution in [1.29, 1.82) is 0 Å². The lowest BCUT2D eigenvalue weighted by Gasteiger charge is -2.22. The summed E-state index contributed by atoms with van der Waals surface area (Å²) >= 11 is 1.11. The summed E-state index contributed by atoms with van der Waals surface area (Å²) in [6, 6.07) is 0. The zero-order chi connectivity index (χ0) is 11.7. The van der Waals surface area contributed by atoms with Gasteiger partial charge in [0.15, 0.2) is 9.84 Å². The predicted octanol–water partition coefficient (Wildman–Crippen LogP) is 0.355. The summed E-state index contributed by atoms with van der Waals surface area (Å²) in [5.74, 6) is 0.194. The minimum absolute atomic E-state index is 0.194. The Morgan fingerprint density at radius 2 is 2.13 bits per heavy atom. The average Bonchev–Trinajstić information content (AvgIpc) is 2.46. The summed E-state index contributed by atoms with van der Waals surface area (Å²) in [5.41, 5.74) is 5.33. The van der Waals surface area contributed by atoms with Gasteiger partial charge in [-0.2, -0.15) is 9.36 Å². The highest BCUT2D eigenvalue weighted by molar-refractivity contribution is 7.92. The van der Waals surface area contributed by atoms with Gasteiger partial charge in [-0.1, -0.05) is 0 Å². The van der Waals surface area contributed by atoms with E-state index in [2.05, 4.69) is 14.7 Å². The first-order valence-electron chi connectivity index (χ1n) is 4.25. The molecule has 0 atom stereocenters. The Kier molecular flexibility index (Phi) is 3.19. The van der Waals surface area contributed by atoms with Crippen LogP contribution >= 0.6 is 11.5 Å². The second-order valence-corrected chi connectivity index (χ2v) is 7.24. The lowest BCUT2D eigenvalue weighted by atomic mass is 10.2. The van der Waals surface area contributed by atoms with Gasteiger partial charge in [-0.3, -0.25) is 0 Å². The highest BCUT2D eigenvalue weighted by atomic mass is 32.2. The van der Waals surface area contributed by atoms with Gasteiger partial charge >= 0.3 is 0 Å². The second-order valence-electron chi connectivity index (χ2n) is 3.84. The van der Waals surface area contributed by atoms with Crippen molar-refractivity contribution in [2.24, 2.45) is 0 Å². The molecule has 0 fully saturated rings. The molecule has 0 aliphatic rings. The monoisotopic (exact) mass is 250 g/mol. The third-order valence-electron chi connectivity index (χ3n) is 2.11. The molecule has 3 N–H and O–H groups in total. The molecule has 0 aromatic carbocycles. The molecule has 1 aromatic heterocycles. The van der Waals surface area contributed by atoms with Crippen LogP contribution in [0.15, 0.2) is 0 Å². The fourth-order valence-corrected chi connectivity index (χ4v) is 1.55. The number of nitrogens with one attached hydrogen (secondary N) is 1. The van der Waals surface area contributed by atoms with E-state index < -0.39 is 14.6 Å². The summed E-state index contributed by atoms with van der Waals surface area (Å²) < 4.78 is 25.7. The molecule has 0 aliphatic heterocycles. The maximum atomic E-state index is 11.4. The number of nitrogens with zero attached hydrogens (tertiary/aromatic N) is 2. The molecule has 0 saturated heterocycles. The Morgan fingerprint density at radius 3 is 2.53 bits per heavy atom. The van der Waals surface area contributed by atoms with Crippen molar-refractivity contribution in [2.75, 3.05) is 23.9 Å². The van der Waals surface area contributed by atoms with Gasteiger partial charge in [0.1, 0.15) is 0 Å². The van der Waals surface area contributed by atoms with Crippen molar-refractivity contribution in [3.8, 4) is 0 Å². The Morgan fingerprint density at radius 1 is 1.53 bits per heavy atom. The molecule has 0 aliphatic carbocycles. The number of nitrogens with two attached hydrogens (primary N) is 1. The Bertz CT molecular complexity index is 438. The number of sulfone groups is 1. The molecule has 15 heavy (non-hydrogen) atoms. The van der Waals surface area contributed by atoms with Gasteiger partial charge in [0.25, 0.3) is 0 Å². The lowest BCUT2D eigenvalue weighted by Crippen LogP contribution is -2.38. The average molecular weight is 250 g/mol. The van der Waals surface area contributed by atoms with Crippen molar-refractivity contribution in [2.45, 2.75) is 18.6 Å². The van der Waals surface area contributed by atoms with Crippen molar-refractivity contribution >= 4 is 32.4 Å². The van der Waals surface area contributed by atoms with Crippen molar-refractivity contribution in [3.63, 3.8) is 0 Å². The van der Waals surface area contributed by atoms with E-state index in [0.717, 1.165) is 11.5 Å². The van der Waals surface area contributed by atoms with Crippen LogP contribution in [0, 0.1) is 0 Å². The normalized spacial score (nSPS) is 12.7. The van der Waals surface area contributed by atoms with E-state index in [1.165, 1.54) is 6.26 Å². The van der Waals surface area contributed by atoms with Crippen LogP contribution in [-0.4, -0.2) is 35.3 Å². The zero-order valence-corrected chi connectivity index (χ0v) is 10.4. The number of rotatable bonds is 4. The zero-order valence-electron chi connectivity index (χ0n) is 8.81. The van der Waals surface area contributed by atoms with E-state index >= 15 is 0 Å². The van der Waals surface area contributed by atoms with Gasteiger partial charge in [-0.05, 0) is 13.8 Å². The Labute approximate surface area is 93.0 Å². The fourth-order valence-electron chi connectivity index (χ4n) is 0.726. The molecule has 0 bridgehead atoms. The maximum Gasteiger partial charge on any atom is 0.233 e. The molecule has 0 spiro atoms. The van der Waals surface area contributed by atoms with E-state index in [1.54, 1.807) is 13.8 Å². The quantitative estimate of drug-likeness (QED) is 0.800. The molecule has 1 rings (SSSR count). The summed E-state index contributed by atoms with van der Waals surface area (Å²) in [6.07, 6.45) is 1.21. The van der Waals surface area contributed by atoms with Gasteiger partial charge < -0.3 is 11.1 Å². The molecule has 8 heteroatoms. The van der Waals surface area contributed by atoms with E-state index in [1.807, 2.05) is 0 Å². The topological polar surface area (TPSA) is 98.0 Å². The summed E-state index contributed by atoms with van der Waals surface area (Å²) in [7, 11) is -3.10. The van der Waals surface area contributed by atoms with Crippen LogP contribution in [-0.2, 0) is 9.84 Å². The molecule has 1 aromatic rings. The van der Waals surface area contributed by atoms with Crippen molar-refractivity contribution < 1.29 is 8.42 Å². The number of hydrogen-bond acceptors (Lipinski definition) is 7. The molecular weight excluding hydrogens is 236 g/mol. The summed E-state index contributed by atoms with van der Waals surface area (Å²) in [5, 5.41) is 3.43. The highest BCUT2D eigenvalue weighted by Gasteiger charge is 2.30. The first kappa shape index (κ1) is 12.2.